The number of methoxy groups -OCH3 is 1. The van der Waals surface area contributed by atoms with E-state index in [4.69, 9.17) is 16.3 Å². The number of nitrogens with zero attached hydrogens (tertiary/aromatic N) is 2. The van der Waals surface area contributed by atoms with Gasteiger partial charge in [-0.2, -0.15) is 5.10 Å². The van der Waals surface area contributed by atoms with Crippen molar-refractivity contribution < 1.29 is 14.3 Å². The van der Waals surface area contributed by atoms with Crippen LogP contribution in [0.5, 0.6) is 5.75 Å². The van der Waals surface area contributed by atoms with Crippen LogP contribution in [0.25, 0.3) is 0 Å². The fourth-order valence-corrected chi connectivity index (χ4v) is 4.69. The van der Waals surface area contributed by atoms with Gasteiger partial charge in [-0.1, -0.05) is 42.8 Å². The van der Waals surface area contributed by atoms with Crippen molar-refractivity contribution in [2.45, 2.75) is 45.3 Å². The minimum Gasteiger partial charge on any atom is -0.495 e. The molecule has 0 bridgehead atoms. The number of amides is 2. The standard InChI is InChI=1S/C21H25ClN4O3S/c1-12-7-14(11-21(2,3)10-12)25-26-20-24-19(28)17(30-20)9-18(27)23-15-8-13(22)5-6-16(15)29-4/h5-8,17H,9-11H2,1-4H3,(H,23,27)(H,24,26,28)/b25-14-/t17-/m0/s1. The van der Waals surface area contributed by atoms with E-state index in [0.29, 0.717) is 21.6 Å². The van der Waals surface area contributed by atoms with Gasteiger partial charge in [-0.3, -0.25) is 9.59 Å². The molecule has 9 heteroatoms. The maximum atomic E-state index is 12.4. The number of hydrogen-bond donors (Lipinski definition) is 2. The molecule has 0 radical (unpaired) electrons. The summed E-state index contributed by atoms with van der Waals surface area (Å²) in [4.78, 5) is 24.7. The quantitative estimate of drug-likeness (QED) is 0.653. The molecule has 0 saturated carbocycles. The molecule has 1 aliphatic heterocycles. The van der Waals surface area contributed by atoms with E-state index in [1.54, 1.807) is 18.2 Å². The summed E-state index contributed by atoms with van der Waals surface area (Å²) in [6, 6.07) is 4.94. The Morgan fingerprint density at radius 3 is 2.83 bits per heavy atom. The smallest absolute Gasteiger partial charge is 0.240 e. The van der Waals surface area contributed by atoms with E-state index in [1.165, 1.54) is 24.4 Å². The molecule has 3 rings (SSSR count). The van der Waals surface area contributed by atoms with Crippen molar-refractivity contribution in [3.05, 3.63) is 34.9 Å². The highest BCUT2D eigenvalue weighted by atomic mass is 35.5. The van der Waals surface area contributed by atoms with Crippen LogP contribution in [0.3, 0.4) is 0 Å². The van der Waals surface area contributed by atoms with E-state index in [9.17, 15) is 9.59 Å². The summed E-state index contributed by atoms with van der Waals surface area (Å²) >= 11 is 7.19. The van der Waals surface area contributed by atoms with Gasteiger partial charge in [-0.25, -0.2) is 0 Å². The minimum absolute atomic E-state index is 0.00615. The minimum atomic E-state index is -0.575. The number of nitrogens with one attached hydrogen (secondary N) is 2. The SMILES string of the molecule is COc1ccc(Cl)cc1NC(=O)C[C@@H]1S/C(=N/N=C2/C=C(C)CC(C)(C)C2)NC1=O. The Morgan fingerprint density at radius 1 is 1.37 bits per heavy atom. The molecule has 1 saturated heterocycles. The molecule has 2 aliphatic rings. The summed E-state index contributed by atoms with van der Waals surface area (Å²) < 4.78 is 5.22. The second kappa shape index (κ2) is 9.22. The van der Waals surface area contributed by atoms with Crippen molar-refractivity contribution in [3.63, 3.8) is 0 Å². The molecular formula is C21H25ClN4O3S. The van der Waals surface area contributed by atoms with Gasteiger partial charge in [0.25, 0.3) is 0 Å². The molecule has 1 fully saturated rings. The molecule has 1 atom stereocenters. The topological polar surface area (TPSA) is 92.2 Å². The van der Waals surface area contributed by atoms with E-state index in [-0.39, 0.29) is 23.7 Å². The molecule has 2 N–H and O–H groups in total. The van der Waals surface area contributed by atoms with Crippen molar-refractivity contribution in [2.24, 2.45) is 15.6 Å². The highest BCUT2D eigenvalue weighted by Crippen LogP contribution is 2.34. The fourth-order valence-electron chi connectivity index (χ4n) is 3.60. The summed E-state index contributed by atoms with van der Waals surface area (Å²) in [5.41, 5.74) is 2.76. The van der Waals surface area contributed by atoms with Gasteiger partial charge in [0.15, 0.2) is 5.17 Å². The number of allylic oxidation sites excluding steroid dienone is 2. The fraction of sp³-hybridized carbons (Fsp3) is 0.429. The van der Waals surface area contributed by atoms with Gasteiger partial charge in [0.1, 0.15) is 11.0 Å². The Morgan fingerprint density at radius 2 is 2.13 bits per heavy atom. The van der Waals surface area contributed by atoms with E-state index in [1.807, 2.05) is 6.08 Å². The molecule has 7 nitrogen and oxygen atoms in total. The lowest BCUT2D eigenvalue weighted by molar-refractivity contribution is -0.122. The summed E-state index contributed by atoms with van der Waals surface area (Å²) in [6.07, 6.45) is 3.89. The van der Waals surface area contributed by atoms with Crippen LogP contribution in [0.15, 0.2) is 40.1 Å². The average Bonchev–Trinajstić information content (AvgIpc) is 2.98. The predicted octanol–water partition coefficient (Wildman–Crippen LogP) is 4.39. The number of carbonyl (C=O) groups is 2. The number of hydrogen-bond acceptors (Lipinski definition) is 6. The number of anilines is 1. The zero-order chi connectivity index (χ0) is 21.9. The molecule has 1 heterocycles. The lowest BCUT2D eigenvalue weighted by atomic mass is 9.77. The van der Waals surface area contributed by atoms with Crippen molar-refractivity contribution in [1.82, 2.24) is 5.32 Å². The Hall–Kier alpha value is -2.32. The summed E-state index contributed by atoms with van der Waals surface area (Å²) in [6.45, 7) is 6.48. The molecule has 0 spiro atoms. The normalized spacial score (nSPS) is 23.3. The first-order valence-electron chi connectivity index (χ1n) is 9.58. The summed E-state index contributed by atoms with van der Waals surface area (Å²) in [5, 5.41) is 14.3. The van der Waals surface area contributed by atoms with Crippen LogP contribution in [0, 0.1) is 5.41 Å². The highest BCUT2D eigenvalue weighted by Gasteiger charge is 2.32. The number of thioether (sulfide) groups is 1. The van der Waals surface area contributed by atoms with Crippen molar-refractivity contribution in [2.75, 3.05) is 12.4 Å². The highest BCUT2D eigenvalue weighted by molar-refractivity contribution is 8.15. The van der Waals surface area contributed by atoms with Gasteiger partial charge in [-0.05, 0) is 49.5 Å². The van der Waals surface area contributed by atoms with E-state index >= 15 is 0 Å². The van der Waals surface area contributed by atoms with Crippen LogP contribution >= 0.6 is 23.4 Å². The predicted molar refractivity (Wildman–Crippen MR) is 122 cm³/mol. The Kier molecular flexibility index (Phi) is 6.88. The first-order chi connectivity index (χ1) is 14.1. The van der Waals surface area contributed by atoms with E-state index < -0.39 is 5.25 Å². The number of halogens is 1. The maximum absolute atomic E-state index is 12.4. The molecule has 1 aromatic carbocycles. The van der Waals surface area contributed by atoms with Crippen molar-refractivity contribution >= 4 is 51.7 Å². The molecule has 0 aromatic heterocycles. The van der Waals surface area contributed by atoms with Crippen LogP contribution in [-0.2, 0) is 9.59 Å². The van der Waals surface area contributed by atoms with E-state index in [2.05, 4.69) is 41.6 Å². The van der Waals surface area contributed by atoms with Crippen molar-refractivity contribution in [1.29, 1.82) is 0 Å². The lowest BCUT2D eigenvalue weighted by Crippen LogP contribution is -2.28. The van der Waals surface area contributed by atoms with Crippen LogP contribution in [0.1, 0.15) is 40.0 Å². The maximum Gasteiger partial charge on any atom is 0.240 e. The van der Waals surface area contributed by atoms with Crippen LogP contribution in [0.2, 0.25) is 5.02 Å². The zero-order valence-corrected chi connectivity index (χ0v) is 19.0. The lowest BCUT2D eigenvalue weighted by Gasteiger charge is -2.28. The molecule has 30 heavy (non-hydrogen) atoms. The van der Waals surface area contributed by atoms with Crippen LogP contribution < -0.4 is 15.4 Å². The first kappa shape index (κ1) is 22.4. The van der Waals surface area contributed by atoms with E-state index in [0.717, 1.165) is 18.6 Å². The summed E-state index contributed by atoms with van der Waals surface area (Å²) in [5.74, 6) is -0.0840. The molecule has 0 unspecified atom stereocenters. The third-order valence-electron chi connectivity index (χ3n) is 4.68. The number of amidine groups is 1. The number of carbonyl (C=O) groups excluding carboxylic acids is 2. The number of rotatable bonds is 5. The van der Waals surface area contributed by atoms with Crippen LogP contribution in [0.4, 0.5) is 5.69 Å². The largest absolute Gasteiger partial charge is 0.495 e. The third kappa shape index (κ3) is 5.86. The van der Waals surface area contributed by atoms with Gasteiger partial charge in [-0.15, -0.1) is 5.10 Å². The average molecular weight is 449 g/mol. The van der Waals surface area contributed by atoms with Crippen molar-refractivity contribution in [3.8, 4) is 5.75 Å². The van der Waals surface area contributed by atoms with Gasteiger partial charge < -0.3 is 15.4 Å². The molecule has 160 valence electrons. The summed E-state index contributed by atoms with van der Waals surface area (Å²) in [7, 11) is 1.51. The number of ether oxygens (including phenoxy) is 1. The van der Waals surface area contributed by atoms with Crippen LogP contribution in [-0.4, -0.2) is 35.1 Å². The van der Waals surface area contributed by atoms with Gasteiger partial charge in [0, 0.05) is 11.4 Å². The second-order valence-corrected chi connectivity index (χ2v) is 9.83. The molecule has 1 aliphatic carbocycles. The van der Waals surface area contributed by atoms with Gasteiger partial charge in [0.05, 0.1) is 18.5 Å². The molecule has 1 aromatic rings. The monoisotopic (exact) mass is 448 g/mol. The third-order valence-corrected chi connectivity index (χ3v) is 5.99. The molecular weight excluding hydrogens is 424 g/mol. The second-order valence-electron chi connectivity index (χ2n) is 8.20. The number of benzene rings is 1. The van der Waals surface area contributed by atoms with Gasteiger partial charge >= 0.3 is 0 Å². The Labute approximate surface area is 185 Å². The zero-order valence-electron chi connectivity index (χ0n) is 17.4. The molecule has 2 amide bonds. The first-order valence-corrected chi connectivity index (χ1v) is 10.8. The van der Waals surface area contributed by atoms with Gasteiger partial charge in [0.2, 0.25) is 11.8 Å². The Balaban J connectivity index is 1.63. The Bertz CT molecular complexity index is 956.